The van der Waals surface area contributed by atoms with Crippen molar-refractivity contribution in [1.29, 1.82) is 0 Å². The molecule has 6 heteroatoms. The second kappa shape index (κ2) is 9.09. The third-order valence-corrected chi connectivity index (χ3v) is 4.73. The lowest BCUT2D eigenvalue weighted by Crippen LogP contribution is -2.13. The molecule has 0 aliphatic rings. The molecule has 0 amide bonds. The van der Waals surface area contributed by atoms with Crippen LogP contribution in [0.15, 0.2) is 90.0 Å². The van der Waals surface area contributed by atoms with Gasteiger partial charge >= 0.3 is 0 Å². The van der Waals surface area contributed by atoms with Crippen LogP contribution >= 0.6 is 0 Å². The van der Waals surface area contributed by atoms with Gasteiger partial charge in [0.25, 0.3) is 0 Å². The van der Waals surface area contributed by atoms with Crippen molar-refractivity contribution >= 4 is 12.2 Å². The molecule has 1 aromatic heterocycles. The standard InChI is InChI=1S/C25H22N4O2/c1-29(26-17-18-13-14-23(30)24(15-18)31-2)25-27-21(19-9-5-3-6-10-19)16-22(28-25)20-11-7-4-8-12-20/h3-17,30H,1-2H3. The zero-order chi connectivity index (χ0) is 21.6. The third-order valence-electron chi connectivity index (χ3n) is 4.73. The van der Waals surface area contributed by atoms with E-state index in [1.807, 2.05) is 66.7 Å². The fraction of sp³-hybridized carbons (Fsp3) is 0.0800. The number of rotatable bonds is 6. The highest BCUT2D eigenvalue weighted by molar-refractivity contribution is 5.81. The molecular formula is C25H22N4O2. The monoisotopic (exact) mass is 410 g/mol. The number of aromatic hydroxyl groups is 1. The summed E-state index contributed by atoms with van der Waals surface area (Å²) in [7, 11) is 3.31. The molecule has 4 rings (SSSR count). The molecule has 31 heavy (non-hydrogen) atoms. The summed E-state index contributed by atoms with van der Waals surface area (Å²) in [4.78, 5) is 9.45. The van der Waals surface area contributed by atoms with Gasteiger partial charge in [0.1, 0.15) is 0 Å². The zero-order valence-corrected chi connectivity index (χ0v) is 17.3. The minimum atomic E-state index is 0.0828. The number of hydrazone groups is 1. The highest BCUT2D eigenvalue weighted by atomic mass is 16.5. The van der Waals surface area contributed by atoms with E-state index in [9.17, 15) is 5.11 Å². The minimum Gasteiger partial charge on any atom is -0.504 e. The van der Waals surface area contributed by atoms with E-state index in [2.05, 4.69) is 5.10 Å². The van der Waals surface area contributed by atoms with E-state index >= 15 is 0 Å². The fourth-order valence-electron chi connectivity index (χ4n) is 3.07. The Balaban J connectivity index is 1.71. The lowest BCUT2D eigenvalue weighted by Gasteiger charge is -2.14. The van der Waals surface area contributed by atoms with Gasteiger partial charge < -0.3 is 9.84 Å². The summed E-state index contributed by atoms with van der Waals surface area (Å²) in [6.45, 7) is 0. The first-order chi connectivity index (χ1) is 15.1. The Morgan fingerprint density at radius 3 is 1.97 bits per heavy atom. The molecule has 0 saturated carbocycles. The van der Waals surface area contributed by atoms with E-state index in [0.717, 1.165) is 28.1 Å². The molecule has 1 N–H and O–H groups in total. The number of aromatic nitrogens is 2. The van der Waals surface area contributed by atoms with Crippen molar-refractivity contribution < 1.29 is 9.84 Å². The molecule has 3 aromatic carbocycles. The average molecular weight is 410 g/mol. The highest BCUT2D eigenvalue weighted by Gasteiger charge is 2.11. The van der Waals surface area contributed by atoms with Crippen LogP contribution in [0.4, 0.5) is 5.95 Å². The predicted octanol–water partition coefficient (Wildman–Crippen LogP) is 5.00. The summed E-state index contributed by atoms with van der Waals surface area (Å²) >= 11 is 0. The molecule has 0 spiro atoms. The van der Waals surface area contributed by atoms with Crippen LogP contribution < -0.4 is 9.75 Å². The normalized spacial score (nSPS) is 10.9. The molecule has 4 aromatic rings. The van der Waals surface area contributed by atoms with Crippen LogP contribution in [0.25, 0.3) is 22.5 Å². The Morgan fingerprint density at radius 2 is 1.42 bits per heavy atom. The van der Waals surface area contributed by atoms with Gasteiger partial charge in [-0.3, -0.25) is 0 Å². The summed E-state index contributed by atoms with van der Waals surface area (Å²) in [6.07, 6.45) is 1.67. The molecule has 0 atom stereocenters. The van der Waals surface area contributed by atoms with Gasteiger partial charge in [-0.1, -0.05) is 60.7 Å². The van der Waals surface area contributed by atoms with Crippen LogP contribution in [0, 0.1) is 0 Å². The Morgan fingerprint density at radius 1 is 0.839 bits per heavy atom. The van der Waals surface area contributed by atoms with Gasteiger partial charge in [0.05, 0.1) is 24.7 Å². The summed E-state index contributed by atoms with van der Waals surface area (Å²) in [6, 6.07) is 27.0. The number of methoxy groups -OCH3 is 1. The van der Waals surface area contributed by atoms with Gasteiger partial charge in [0.15, 0.2) is 11.5 Å². The van der Waals surface area contributed by atoms with Crippen molar-refractivity contribution in [3.05, 3.63) is 90.5 Å². The molecule has 0 aliphatic heterocycles. The van der Waals surface area contributed by atoms with Crippen molar-refractivity contribution in [2.75, 3.05) is 19.2 Å². The Bertz CT molecular complexity index is 1140. The first kappa shape index (κ1) is 20.1. The van der Waals surface area contributed by atoms with E-state index in [1.54, 1.807) is 36.5 Å². The number of hydrogen-bond donors (Lipinski definition) is 1. The van der Waals surface area contributed by atoms with Gasteiger partial charge in [0, 0.05) is 18.2 Å². The maximum Gasteiger partial charge on any atom is 0.247 e. The van der Waals surface area contributed by atoms with E-state index < -0.39 is 0 Å². The molecule has 0 saturated heterocycles. The lowest BCUT2D eigenvalue weighted by molar-refractivity contribution is 0.373. The summed E-state index contributed by atoms with van der Waals surface area (Å²) in [5.74, 6) is 0.946. The summed E-state index contributed by atoms with van der Waals surface area (Å²) < 4.78 is 5.16. The number of phenols is 1. The largest absolute Gasteiger partial charge is 0.504 e. The van der Waals surface area contributed by atoms with Gasteiger partial charge in [-0.2, -0.15) is 5.10 Å². The lowest BCUT2D eigenvalue weighted by atomic mass is 10.1. The number of anilines is 1. The molecule has 0 unspecified atom stereocenters. The smallest absolute Gasteiger partial charge is 0.247 e. The molecular weight excluding hydrogens is 388 g/mol. The number of nitrogens with zero attached hydrogens (tertiary/aromatic N) is 4. The predicted molar refractivity (Wildman–Crippen MR) is 124 cm³/mol. The second-order valence-corrected chi connectivity index (χ2v) is 6.87. The molecule has 0 fully saturated rings. The van der Waals surface area contributed by atoms with E-state index in [-0.39, 0.29) is 5.75 Å². The molecule has 154 valence electrons. The van der Waals surface area contributed by atoms with Crippen molar-refractivity contribution in [3.8, 4) is 34.0 Å². The quantitative estimate of drug-likeness (QED) is 0.358. The van der Waals surface area contributed by atoms with E-state index in [4.69, 9.17) is 14.7 Å². The van der Waals surface area contributed by atoms with Crippen molar-refractivity contribution in [3.63, 3.8) is 0 Å². The van der Waals surface area contributed by atoms with Crippen LogP contribution in [-0.4, -0.2) is 35.4 Å². The maximum atomic E-state index is 9.77. The van der Waals surface area contributed by atoms with Crippen LogP contribution in [0.1, 0.15) is 5.56 Å². The van der Waals surface area contributed by atoms with Crippen LogP contribution in [0.3, 0.4) is 0 Å². The molecule has 0 radical (unpaired) electrons. The zero-order valence-electron chi connectivity index (χ0n) is 17.3. The highest BCUT2D eigenvalue weighted by Crippen LogP contribution is 2.27. The summed E-state index contributed by atoms with van der Waals surface area (Å²) in [5, 5.41) is 15.9. The number of benzene rings is 3. The van der Waals surface area contributed by atoms with Crippen LogP contribution in [0.2, 0.25) is 0 Å². The third kappa shape index (κ3) is 4.70. The van der Waals surface area contributed by atoms with Crippen LogP contribution in [-0.2, 0) is 0 Å². The first-order valence-electron chi connectivity index (χ1n) is 9.78. The summed E-state index contributed by atoms with van der Waals surface area (Å²) in [5.41, 5.74) is 4.42. The molecule has 1 heterocycles. The Kier molecular flexibility index (Phi) is 5.89. The topological polar surface area (TPSA) is 70.8 Å². The van der Waals surface area contributed by atoms with Gasteiger partial charge in [-0.15, -0.1) is 0 Å². The number of phenolic OH excluding ortho intramolecular Hbond substituents is 1. The second-order valence-electron chi connectivity index (χ2n) is 6.87. The Hall–Kier alpha value is -4.19. The fourth-order valence-corrected chi connectivity index (χ4v) is 3.07. The molecule has 0 bridgehead atoms. The number of ether oxygens (including phenoxy) is 1. The van der Waals surface area contributed by atoms with E-state index in [1.165, 1.54) is 7.11 Å². The van der Waals surface area contributed by atoms with Gasteiger partial charge in [-0.05, 0) is 29.8 Å². The van der Waals surface area contributed by atoms with Crippen molar-refractivity contribution in [2.45, 2.75) is 0 Å². The van der Waals surface area contributed by atoms with Gasteiger partial charge in [-0.25, -0.2) is 15.0 Å². The molecule has 6 nitrogen and oxygen atoms in total. The average Bonchev–Trinajstić information content (AvgIpc) is 2.84. The number of hydrogen-bond acceptors (Lipinski definition) is 6. The van der Waals surface area contributed by atoms with E-state index in [0.29, 0.717) is 11.7 Å². The minimum absolute atomic E-state index is 0.0828. The SMILES string of the molecule is COc1cc(C=NN(C)c2nc(-c3ccccc3)cc(-c3ccccc3)n2)ccc1O. The van der Waals surface area contributed by atoms with Crippen molar-refractivity contribution in [2.24, 2.45) is 5.10 Å². The molecule has 0 aliphatic carbocycles. The van der Waals surface area contributed by atoms with Crippen LogP contribution in [0.5, 0.6) is 11.5 Å². The maximum absolute atomic E-state index is 9.77. The van der Waals surface area contributed by atoms with Gasteiger partial charge in [0.2, 0.25) is 5.95 Å². The first-order valence-corrected chi connectivity index (χ1v) is 9.78. The Labute approximate surface area is 181 Å². The van der Waals surface area contributed by atoms with Crippen molar-refractivity contribution in [1.82, 2.24) is 9.97 Å².